The average molecular weight is 347 g/mol. The summed E-state index contributed by atoms with van der Waals surface area (Å²) in [6.45, 7) is 14.4. The Morgan fingerprint density at radius 2 is 1.52 bits per heavy atom. The Balaban J connectivity index is 0.000000475. The van der Waals surface area contributed by atoms with Crippen molar-refractivity contribution in [2.24, 2.45) is 17.3 Å². The van der Waals surface area contributed by atoms with Crippen LogP contribution in [-0.4, -0.2) is 11.2 Å². The molecular weight excluding hydrogens is 304 g/mol. The highest BCUT2D eigenvalue weighted by Crippen LogP contribution is 2.60. The third-order valence-corrected chi connectivity index (χ3v) is 6.59. The van der Waals surface area contributed by atoms with E-state index in [1.165, 1.54) is 32.1 Å². The summed E-state index contributed by atoms with van der Waals surface area (Å²) in [6.07, 6.45) is 7.33. The smallest absolute Gasteiger partial charge is 0.0596 e. The largest absolute Gasteiger partial charge is 0.393 e. The second-order valence-corrected chi connectivity index (χ2v) is 7.25. The van der Waals surface area contributed by atoms with Gasteiger partial charge in [-0.25, -0.2) is 0 Å². The maximum absolute atomic E-state index is 10.4. The van der Waals surface area contributed by atoms with Crippen LogP contribution in [0.4, 0.5) is 0 Å². The molecular formula is C24H42O. The maximum atomic E-state index is 10.4. The lowest BCUT2D eigenvalue weighted by molar-refractivity contribution is -0.0226. The van der Waals surface area contributed by atoms with Crippen LogP contribution < -0.4 is 0 Å². The summed E-state index contributed by atoms with van der Waals surface area (Å²) < 4.78 is 0. The molecule has 0 aliphatic heterocycles. The molecule has 0 heterocycles. The van der Waals surface area contributed by atoms with Gasteiger partial charge in [-0.1, -0.05) is 72.7 Å². The molecule has 0 amide bonds. The minimum absolute atomic E-state index is 0.0457. The molecule has 0 bridgehead atoms. The molecule has 3 aliphatic rings. The van der Waals surface area contributed by atoms with E-state index in [1.807, 2.05) is 41.5 Å². The van der Waals surface area contributed by atoms with Gasteiger partial charge in [0.15, 0.2) is 0 Å². The Morgan fingerprint density at radius 3 is 2.20 bits per heavy atom. The van der Waals surface area contributed by atoms with Crippen molar-refractivity contribution >= 4 is 0 Å². The summed E-state index contributed by atoms with van der Waals surface area (Å²) >= 11 is 0. The predicted molar refractivity (Wildman–Crippen MR) is 111 cm³/mol. The van der Waals surface area contributed by atoms with Crippen molar-refractivity contribution in [2.75, 3.05) is 0 Å². The van der Waals surface area contributed by atoms with Gasteiger partial charge < -0.3 is 5.11 Å². The normalized spacial score (nSPS) is 34.4. The zero-order chi connectivity index (χ0) is 19.0. The molecule has 4 rings (SSSR count). The first-order valence-corrected chi connectivity index (χ1v) is 11.0. The molecule has 2 fully saturated rings. The second-order valence-electron chi connectivity index (χ2n) is 7.25. The standard InChI is InChI=1S/C18H24O.3C2H6/c1-18-11-10-14-13-5-3-2-4-12(13)6-7-15(14)16(18)8-9-17(18)19;3*1-2/h2-5,14-17,19H,6-11H2,1H3;3*1-2H3/t14?,15?,16?,17-,18?;;;/m0.../s1. The molecule has 0 radical (unpaired) electrons. The first-order valence-electron chi connectivity index (χ1n) is 11.0. The number of hydrogen-bond acceptors (Lipinski definition) is 1. The van der Waals surface area contributed by atoms with Gasteiger partial charge in [0.25, 0.3) is 0 Å². The molecule has 0 aromatic heterocycles. The number of fused-ring (bicyclic) bond motifs is 5. The fourth-order valence-electron chi connectivity index (χ4n) is 5.49. The highest BCUT2D eigenvalue weighted by molar-refractivity contribution is 5.34. The van der Waals surface area contributed by atoms with Crippen LogP contribution in [0.2, 0.25) is 0 Å². The van der Waals surface area contributed by atoms with Crippen LogP contribution >= 0.6 is 0 Å². The summed E-state index contributed by atoms with van der Waals surface area (Å²) in [5, 5.41) is 10.4. The monoisotopic (exact) mass is 346 g/mol. The summed E-state index contributed by atoms with van der Waals surface area (Å²) in [6, 6.07) is 9.08. The number of aliphatic hydroxyl groups is 1. The Morgan fingerprint density at radius 1 is 0.880 bits per heavy atom. The zero-order valence-corrected chi connectivity index (χ0v) is 17.8. The number of aliphatic hydroxyl groups excluding tert-OH is 1. The minimum atomic E-state index is -0.0457. The highest BCUT2D eigenvalue weighted by atomic mass is 16.3. The van der Waals surface area contributed by atoms with E-state index in [1.54, 1.807) is 11.1 Å². The molecule has 2 saturated carbocycles. The molecule has 144 valence electrons. The van der Waals surface area contributed by atoms with E-state index >= 15 is 0 Å². The molecule has 1 aromatic rings. The number of hydrogen-bond donors (Lipinski definition) is 1. The van der Waals surface area contributed by atoms with Crippen LogP contribution in [0.25, 0.3) is 0 Å². The van der Waals surface area contributed by atoms with Crippen LogP contribution in [0.1, 0.15) is 97.6 Å². The van der Waals surface area contributed by atoms with Gasteiger partial charge in [-0.15, -0.1) is 0 Å². The van der Waals surface area contributed by atoms with Crippen molar-refractivity contribution in [1.82, 2.24) is 0 Å². The van der Waals surface area contributed by atoms with Crippen LogP contribution in [0.5, 0.6) is 0 Å². The van der Waals surface area contributed by atoms with E-state index in [0.29, 0.717) is 0 Å². The summed E-state index contributed by atoms with van der Waals surface area (Å²) in [5.74, 6) is 2.36. The third-order valence-electron chi connectivity index (χ3n) is 6.59. The van der Waals surface area contributed by atoms with Crippen molar-refractivity contribution in [3.8, 4) is 0 Å². The average Bonchev–Trinajstić information content (AvgIpc) is 3.01. The van der Waals surface area contributed by atoms with Crippen molar-refractivity contribution in [1.29, 1.82) is 0 Å². The van der Waals surface area contributed by atoms with Crippen molar-refractivity contribution in [3.05, 3.63) is 35.4 Å². The lowest BCUT2D eigenvalue weighted by Crippen LogP contribution is -2.43. The van der Waals surface area contributed by atoms with E-state index in [4.69, 9.17) is 0 Å². The molecule has 1 aromatic carbocycles. The fourth-order valence-corrected chi connectivity index (χ4v) is 5.49. The topological polar surface area (TPSA) is 20.2 Å². The fraction of sp³-hybridized carbons (Fsp3) is 0.750. The van der Waals surface area contributed by atoms with E-state index in [2.05, 4.69) is 31.2 Å². The van der Waals surface area contributed by atoms with Crippen LogP contribution in [0.3, 0.4) is 0 Å². The van der Waals surface area contributed by atoms with E-state index in [-0.39, 0.29) is 11.5 Å². The van der Waals surface area contributed by atoms with Gasteiger partial charge in [0, 0.05) is 0 Å². The molecule has 1 heteroatoms. The quantitative estimate of drug-likeness (QED) is 0.537. The number of benzene rings is 1. The van der Waals surface area contributed by atoms with Gasteiger partial charge in [-0.05, 0) is 72.8 Å². The lowest BCUT2D eigenvalue weighted by atomic mass is 9.55. The van der Waals surface area contributed by atoms with E-state index < -0.39 is 0 Å². The Labute approximate surface area is 157 Å². The molecule has 5 atom stereocenters. The van der Waals surface area contributed by atoms with E-state index in [9.17, 15) is 5.11 Å². The molecule has 25 heavy (non-hydrogen) atoms. The van der Waals surface area contributed by atoms with Crippen LogP contribution in [0.15, 0.2) is 24.3 Å². The second kappa shape index (κ2) is 10.4. The number of aryl methyl sites for hydroxylation is 1. The molecule has 1 nitrogen and oxygen atoms in total. The summed E-state index contributed by atoms with van der Waals surface area (Å²) in [5.41, 5.74) is 3.43. The molecule has 0 saturated heterocycles. The van der Waals surface area contributed by atoms with Crippen molar-refractivity contribution in [3.63, 3.8) is 0 Å². The van der Waals surface area contributed by atoms with Gasteiger partial charge >= 0.3 is 0 Å². The third kappa shape index (κ3) is 4.13. The summed E-state index contributed by atoms with van der Waals surface area (Å²) in [4.78, 5) is 0. The molecule has 0 spiro atoms. The zero-order valence-electron chi connectivity index (χ0n) is 17.8. The minimum Gasteiger partial charge on any atom is -0.393 e. The molecule has 4 unspecified atom stereocenters. The predicted octanol–water partition coefficient (Wildman–Crippen LogP) is 6.98. The number of rotatable bonds is 0. The SMILES string of the molecule is CC.CC.CC.CC12CCC3c4ccccc4CCC3C1CC[C@@H]2O. The Hall–Kier alpha value is -0.820. The van der Waals surface area contributed by atoms with Crippen LogP contribution in [0, 0.1) is 17.3 Å². The summed E-state index contributed by atoms with van der Waals surface area (Å²) in [7, 11) is 0. The molecule has 3 aliphatic carbocycles. The first-order chi connectivity index (χ1) is 12.2. The van der Waals surface area contributed by atoms with E-state index in [0.717, 1.165) is 24.2 Å². The Kier molecular flexibility index (Phi) is 9.21. The lowest BCUT2D eigenvalue weighted by Gasteiger charge is -2.50. The van der Waals surface area contributed by atoms with Crippen molar-refractivity contribution in [2.45, 2.75) is 99.0 Å². The van der Waals surface area contributed by atoms with Gasteiger partial charge in [0.05, 0.1) is 6.10 Å². The van der Waals surface area contributed by atoms with Gasteiger partial charge in [0.1, 0.15) is 0 Å². The Bertz CT molecular complexity index is 495. The van der Waals surface area contributed by atoms with Gasteiger partial charge in [0.2, 0.25) is 0 Å². The van der Waals surface area contributed by atoms with Crippen molar-refractivity contribution < 1.29 is 5.11 Å². The highest BCUT2D eigenvalue weighted by Gasteiger charge is 2.54. The van der Waals surface area contributed by atoms with Gasteiger partial charge in [-0.2, -0.15) is 0 Å². The maximum Gasteiger partial charge on any atom is 0.0596 e. The molecule has 1 N–H and O–H groups in total. The first kappa shape index (κ1) is 22.2. The van der Waals surface area contributed by atoms with Gasteiger partial charge in [-0.3, -0.25) is 0 Å². The van der Waals surface area contributed by atoms with Crippen LogP contribution in [-0.2, 0) is 6.42 Å².